The lowest BCUT2D eigenvalue weighted by Gasteiger charge is -2.33. The number of rotatable bonds is 13. The Morgan fingerprint density at radius 1 is 0.897 bits per heavy atom. The fraction of sp³-hybridized carbons (Fsp3) is 0.366. The maximum atomic E-state index is 13.1. The number of methoxy groups -OCH3 is 2. The summed E-state index contributed by atoms with van der Waals surface area (Å²) < 4.78 is 27.2. The lowest BCUT2D eigenvalue weighted by atomic mass is 9.98. The summed E-state index contributed by atoms with van der Waals surface area (Å²) >= 11 is 0. The van der Waals surface area contributed by atoms with E-state index in [1.54, 1.807) is 55.2 Å². The van der Waals surface area contributed by atoms with Gasteiger partial charge in [-0.2, -0.15) is 0 Å². The molecule has 3 aromatic heterocycles. The van der Waals surface area contributed by atoms with E-state index in [2.05, 4.69) is 25.5 Å². The number of hydrogen-bond donors (Lipinski definition) is 1. The van der Waals surface area contributed by atoms with Gasteiger partial charge in [-0.3, -0.25) is 44.1 Å². The predicted octanol–water partition coefficient (Wildman–Crippen LogP) is 2.87. The Balaban J connectivity index is 0.851. The quantitative estimate of drug-likeness (QED) is 0.172. The number of nitrogens with zero attached hydrogens (tertiary/aromatic N) is 7. The first-order valence-corrected chi connectivity index (χ1v) is 19.0. The van der Waals surface area contributed by atoms with E-state index in [1.807, 2.05) is 24.4 Å². The lowest BCUT2D eigenvalue weighted by Crippen LogP contribution is -2.54. The second-order valence-corrected chi connectivity index (χ2v) is 14.5. The molecule has 5 aromatic rings. The number of piperidine rings is 2. The van der Waals surface area contributed by atoms with E-state index in [0.29, 0.717) is 48.0 Å². The third-order valence-electron chi connectivity index (χ3n) is 10.8. The van der Waals surface area contributed by atoms with Gasteiger partial charge in [-0.15, -0.1) is 5.10 Å². The van der Waals surface area contributed by atoms with E-state index in [0.717, 1.165) is 46.4 Å². The van der Waals surface area contributed by atoms with E-state index >= 15 is 0 Å². The topological polar surface area (TPSA) is 189 Å². The van der Waals surface area contributed by atoms with E-state index in [4.69, 9.17) is 18.9 Å². The summed E-state index contributed by atoms with van der Waals surface area (Å²) in [5, 5.41) is 12.0. The van der Waals surface area contributed by atoms with Crippen LogP contribution in [-0.4, -0.2) is 104 Å². The fourth-order valence-electron chi connectivity index (χ4n) is 7.87. The number of aromatic nitrogens is 5. The van der Waals surface area contributed by atoms with Gasteiger partial charge in [-0.1, -0.05) is 5.21 Å². The van der Waals surface area contributed by atoms with Gasteiger partial charge in [0.2, 0.25) is 11.8 Å². The number of amides is 4. The second-order valence-electron chi connectivity index (χ2n) is 14.5. The van der Waals surface area contributed by atoms with Gasteiger partial charge in [-0.25, -0.2) is 4.68 Å². The molecule has 17 heteroatoms. The number of carbonyl (C=O) groups excluding carboxylic acids is 4. The zero-order valence-corrected chi connectivity index (χ0v) is 32.3. The van der Waals surface area contributed by atoms with Crippen LogP contribution in [0.5, 0.6) is 17.2 Å². The molecular formula is C41H42N8O9. The van der Waals surface area contributed by atoms with Crippen LogP contribution in [0, 0.1) is 0 Å². The van der Waals surface area contributed by atoms with Crippen molar-refractivity contribution in [3.05, 3.63) is 93.9 Å². The zero-order valence-electron chi connectivity index (χ0n) is 32.3. The molecule has 4 amide bonds. The van der Waals surface area contributed by atoms with Crippen molar-refractivity contribution in [2.75, 3.05) is 33.9 Å². The summed E-state index contributed by atoms with van der Waals surface area (Å²) in [6, 6.07) is 9.38. The van der Waals surface area contributed by atoms with Crippen molar-refractivity contribution in [3.63, 3.8) is 0 Å². The second kappa shape index (κ2) is 16.2. The van der Waals surface area contributed by atoms with Gasteiger partial charge in [0.25, 0.3) is 17.4 Å². The average Bonchev–Trinajstić information content (AvgIpc) is 3.79. The van der Waals surface area contributed by atoms with Crippen LogP contribution < -0.4 is 25.1 Å². The first kappa shape index (κ1) is 38.4. The van der Waals surface area contributed by atoms with Crippen LogP contribution in [0.3, 0.4) is 0 Å². The van der Waals surface area contributed by atoms with E-state index in [9.17, 15) is 24.0 Å². The number of hydrogen-bond acceptors (Lipinski definition) is 13. The number of likely N-dealkylation sites (tertiary alicyclic amines) is 1. The lowest BCUT2D eigenvalue weighted by molar-refractivity contribution is -0.136. The van der Waals surface area contributed by atoms with Crippen molar-refractivity contribution in [3.8, 4) is 28.4 Å². The van der Waals surface area contributed by atoms with Crippen molar-refractivity contribution in [1.82, 2.24) is 39.7 Å². The number of benzene rings is 2. The molecule has 2 fully saturated rings. The molecule has 3 aliphatic heterocycles. The van der Waals surface area contributed by atoms with Gasteiger partial charge in [0.15, 0.2) is 0 Å². The third-order valence-corrected chi connectivity index (χ3v) is 10.8. The summed E-state index contributed by atoms with van der Waals surface area (Å²) in [7, 11) is 5.01. The molecule has 17 nitrogen and oxygen atoms in total. The van der Waals surface area contributed by atoms with Crippen molar-refractivity contribution in [2.45, 2.75) is 57.5 Å². The highest BCUT2D eigenvalue weighted by Gasteiger charge is 2.44. The normalized spacial score (nSPS) is 18.4. The molecule has 8 rings (SSSR count). The number of pyridine rings is 2. The SMILES string of the molecule is COc1cc(-c2cn(C)c(=O)c3cnccc23)cc(OC)c1CN1CCCC(OCc2cn(CCOc3ccc4c(c3)C(=O)N(C3CCC(=O)NC3=O)C4=O)nn2)C1. The van der Waals surface area contributed by atoms with Crippen LogP contribution in [0.15, 0.2) is 66.0 Å². The molecule has 2 atom stereocenters. The first-order chi connectivity index (χ1) is 28.1. The van der Waals surface area contributed by atoms with Gasteiger partial charge in [0.1, 0.15) is 35.6 Å². The highest BCUT2D eigenvalue weighted by atomic mass is 16.5. The number of fused-ring (bicyclic) bond motifs is 2. The minimum Gasteiger partial charge on any atom is -0.496 e. The maximum absolute atomic E-state index is 13.1. The summed E-state index contributed by atoms with van der Waals surface area (Å²) in [6.07, 6.45) is 8.86. The Hall–Kier alpha value is -6.46. The molecule has 0 bridgehead atoms. The van der Waals surface area contributed by atoms with Crippen LogP contribution in [-0.2, 0) is 41.1 Å². The minimum absolute atomic E-state index is 0.0237. The molecule has 0 aliphatic carbocycles. The van der Waals surface area contributed by atoms with Crippen molar-refractivity contribution in [1.29, 1.82) is 0 Å². The van der Waals surface area contributed by atoms with Crippen LogP contribution in [0.25, 0.3) is 21.9 Å². The fourth-order valence-corrected chi connectivity index (χ4v) is 7.87. The van der Waals surface area contributed by atoms with Crippen LogP contribution in [0.1, 0.15) is 57.7 Å². The largest absolute Gasteiger partial charge is 0.496 e. The van der Waals surface area contributed by atoms with Gasteiger partial charge in [-0.05, 0) is 73.2 Å². The standard InChI is InChI=1S/C41H42N8O9/c1-46-21-32(28-10-11-42-18-31(28)39(46)52)24-15-35(55-2)33(36(16-24)56-3)22-47-12-4-5-27(20-47)58-23-25-19-48(45-44-25)13-14-57-26-6-7-29-30(17-26)41(54)49(40(29)53)34-8-9-37(50)43-38(34)51/h6-7,10-11,15-19,21,27,34H,4-5,8-9,12-14,20,22-23H2,1-3H3,(H,43,50,51). The average molecular weight is 791 g/mol. The van der Waals surface area contributed by atoms with E-state index in [-0.39, 0.29) is 48.8 Å². The van der Waals surface area contributed by atoms with E-state index in [1.165, 1.54) is 12.1 Å². The third kappa shape index (κ3) is 7.53. The minimum atomic E-state index is -1.03. The molecule has 2 saturated heterocycles. The zero-order chi connectivity index (χ0) is 40.5. The highest BCUT2D eigenvalue weighted by Crippen LogP contribution is 2.38. The Bertz CT molecular complexity index is 2470. The van der Waals surface area contributed by atoms with Gasteiger partial charge >= 0.3 is 0 Å². The van der Waals surface area contributed by atoms with Crippen LogP contribution in [0.4, 0.5) is 0 Å². The van der Waals surface area contributed by atoms with Crippen LogP contribution >= 0.6 is 0 Å². The molecule has 0 spiro atoms. The number of carbonyl (C=O) groups is 4. The molecule has 58 heavy (non-hydrogen) atoms. The molecule has 3 aliphatic rings. The molecule has 300 valence electrons. The van der Waals surface area contributed by atoms with Crippen LogP contribution in [0.2, 0.25) is 0 Å². The Kier molecular flexibility index (Phi) is 10.7. The molecular weight excluding hydrogens is 748 g/mol. The van der Waals surface area contributed by atoms with Gasteiger partial charge < -0.3 is 23.5 Å². The monoisotopic (exact) mass is 790 g/mol. The molecule has 6 heterocycles. The summed E-state index contributed by atoms with van der Waals surface area (Å²) in [5.74, 6) is -0.495. The summed E-state index contributed by atoms with van der Waals surface area (Å²) in [6.45, 7) is 3.05. The number of ether oxygens (including phenoxy) is 4. The Labute approximate surface area is 332 Å². The molecule has 2 aromatic carbocycles. The Morgan fingerprint density at radius 3 is 2.47 bits per heavy atom. The summed E-state index contributed by atoms with van der Waals surface area (Å²) in [5.41, 5.74) is 3.55. The molecule has 0 radical (unpaired) electrons. The number of imide groups is 2. The highest BCUT2D eigenvalue weighted by molar-refractivity contribution is 6.23. The smallest absolute Gasteiger partial charge is 0.262 e. The Morgan fingerprint density at radius 2 is 1.69 bits per heavy atom. The predicted molar refractivity (Wildman–Crippen MR) is 207 cm³/mol. The van der Waals surface area contributed by atoms with Gasteiger partial charge in [0, 0.05) is 50.7 Å². The molecule has 0 saturated carbocycles. The molecule has 1 N–H and O–H groups in total. The summed E-state index contributed by atoms with van der Waals surface area (Å²) in [4.78, 5) is 70.2. The molecule has 2 unspecified atom stereocenters. The number of nitrogens with one attached hydrogen (secondary N) is 1. The van der Waals surface area contributed by atoms with Crippen molar-refractivity contribution < 1.29 is 38.1 Å². The van der Waals surface area contributed by atoms with Gasteiger partial charge in [0.05, 0.1) is 61.7 Å². The first-order valence-electron chi connectivity index (χ1n) is 19.0. The number of aryl methyl sites for hydroxylation is 1. The van der Waals surface area contributed by atoms with Crippen molar-refractivity contribution in [2.24, 2.45) is 7.05 Å². The van der Waals surface area contributed by atoms with Crippen molar-refractivity contribution >= 4 is 34.4 Å². The van der Waals surface area contributed by atoms with E-state index < -0.39 is 29.7 Å². The maximum Gasteiger partial charge on any atom is 0.262 e.